The lowest BCUT2D eigenvalue weighted by Gasteiger charge is -2.16. The molecule has 94 valence electrons. The second-order valence-corrected chi connectivity index (χ2v) is 3.67. The fourth-order valence-corrected chi connectivity index (χ4v) is 1.42. The van der Waals surface area contributed by atoms with Crippen LogP contribution in [0, 0.1) is 11.6 Å². The largest absolute Gasteiger partial charge is 0.479 e. The van der Waals surface area contributed by atoms with Gasteiger partial charge in [0.2, 0.25) is 5.82 Å². The average molecular weight is 251 g/mol. The normalized spacial score (nSPS) is 12.2. The lowest BCUT2D eigenvalue weighted by molar-refractivity contribution is 0.210. The van der Waals surface area contributed by atoms with Gasteiger partial charge >= 0.3 is 0 Å². The summed E-state index contributed by atoms with van der Waals surface area (Å²) in [6.45, 7) is 1.65. The predicted molar refractivity (Wildman–Crippen MR) is 61.8 cm³/mol. The summed E-state index contributed by atoms with van der Waals surface area (Å²) in [6.07, 6.45) is 3.89. The Bertz CT molecular complexity index is 549. The Morgan fingerprint density at radius 3 is 2.72 bits per heavy atom. The number of ether oxygens (including phenoxy) is 1. The molecule has 0 spiro atoms. The smallest absolute Gasteiger partial charge is 0.202 e. The summed E-state index contributed by atoms with van der Waals surface area (Å²) in [6, 6.07) is 2.20. The van der Waals surface area contributed by atoms with Crippen molar-refractivity contribution in [2.24, 2.45) is 0 Å². The summed E-state index contributed by atoms with van der Waals surface area (Å²) < 4.78 is 31.9. The summed E-state index contributed by atoms with van der Waals surface area (Å²) in [4.78, 5) is 7.88. The van der Waals surface area contributed by atoms with E-state index in [1.165, 1.54) is 24.7 Å². The second kappa shape index (κ2) is 4.95. The van der Waals surface area contributed by atoms with Gasteiger partial charge in [-0.15, -0.1) is 0 Å². The number of hydrogen-bond donors (Lipinski definition) is 1. The van der Waals surface area contributed by atoms with Gasteiger partial charge in [-0.3, -0.25) is 9.97 Å². The van der Waals surface area contributed by atoms with E-state index in [2.05, 4.69) is 9.97 Å². The van der Waals surface area contributed by atoms with Crippen molar-refractivity contribution in [3.05, 3.63) is 48.1 Å². The van der Waals surface area contributed by atoms with E-state index in [1.807, 2.05) is 0 Å². The summed E-state index contributed by atoms with van der Waals surface area (Å²) in [5, 5.41) is 0. The van der Waals surface area contributed by atoms with Crippen LogP contribution in [0.1, 0.15) is 18.7 Å². The van der Waals surface area contributed by atoms with E-state index < -0.39 is 17.7 Å². The van der Waals surface area contributed by atoms with E-state index in [1.54, 1.807) is 6.92 Å². The zero-order valence-corrected chi connectivity index (χ0v) is 9.60. The number of halogens is 2. The van der Waals surface area contributed by atoms with Gasteiger partial charge in [0.05, 0.1) is 17.6 Å². The Hall–Kier alpha value is -2.24. The lowest BCUT2D eigenvalue weighted by atomic mass is 10.2. The molecule has 1 atom stereocenters. The zero-order valence-electron chi connectivity index (χ0n) is 9.60. The molecule has 2 aromatic rings. The molecule has 0 saturated carbocycles. The number of nitrogens with two attached hydrogens (primary N) is 1. The fraction of sp³-hybridized carbons (Fsp3) is 0.167. The molecule has 1 aromatic heterocycles. The van der Waals surface area contributed by atoms with Crippen molar-refractivity contribution < 1.29 is 13.5 Å². The van der Waals surface area contributed by atoms with E-state index in [-0.39, 0.29) is 11.4 Å². The van der Waals surface area contributed by atoms with Gasteiger partial charge in [-0.05, 0) is 19.1 Å². The lowest BCUT2D eigenvalue weighted by Crippen LogP contribution is -2.09. The van der Waals surface area contributed by atoms with Crippen molar-refractivity contribution in [3.63, 3.8) is 0 Å². The van der Waals surface area contributed by atoms with Gasteiger partial charge in [-0.1, -0.05) is 0 Å². The molecule has 0 radical (unpaired) electrons. The Morgan fingerprint density at radius 2 is 2.06 bits per heavy atom. The molecule has 0 fully saturated rings. The molecule has 1 unspecified atom stereocenters. The van der Waals surface area contributed by atoms with Gasteiger partial charge < -0.3 is 10.5 Å². The molecule has 0 amide bonds. The molecule has 2 rings (SSSR count). The van der Waals surface area contributed by atoms with Crippen LogP contribution in [0.25, 0.3) is 0 Å². The van der Waals surface area contributed by atoms with Gasteiger partial charge in [0.25, 0.3) is 0 Å². The third-order valence-corrected chi connectivity index (χ3v) is 2.37. The molecule has 1 heterocycles. The molecule has 1 aromatic carbocycles. The molecule has 2 N–H and O–H groups in total. The summed E-state index contributed by atoms with van der Waals surface area (Å²) >= 11 is 0. The molecule has 0 aliphatic rings. The summed E-state index contributed by atoms with van der Waals surface area (Å²) in [5.74, 6) is -2.43. The maximum atomic E-state index is 13.5. The molecule has 4 nitrogen and oxygen atoms in total. The minimum atomic E-state index is -1.11. The Morgan fingerprint density at radius 1 is 1.28 bits per heavy atom. The van der Waals surface area contributed by atoms with Crippen molar-refractivity contribution >= 4 is 5.69 Å². The van der Waals surface area contributed by atoms with Crippen molar-refractivity contribution in [2.75, 3.05) is 5.73 Å². The van der Waals surface area contributed by atoms with Gasteiger partial charge in [0.15, 0.2) is 11.6 Å². The highest BCUT2D eigenvalue weighted by atomic mass is 19.2. The van der Waals surface area contributed by atoms with Crippen LogP contribution in [-0.4, -0.2) is 9.97 Å². The topological polar surface area (TPSA) is 61.0 Å². The Balaban J connectivity index is 2.27. The van der Waals surface area contributed by atoms with E-state index >= 15 is 0 Å². The van der Waals surface area contributed by atoms with E-state index in [0.717, 1.165) is 6.07 Å². The van der Waals surface area contributed by atoms with Crippen LogP contribution >= 0.6 is 0 Å². The first-order valence-electron chi connectivity index (χ1n) is 5.25. The SMILES string of the molecule is CC(Oc1c(N)ccc(F)c1F)c1cnccn1. The van der Waals surface area contributed by atoms with Crippen LogP contribution in [-0.2, 0) is 0 Å². The highest BCUT2D eigenvalue weighted by Gasteiger charge is 2.17. The van der Waals surface area contributed by atoms with Crippen LogP contribution in [0.2, 0.25) is 0 Å². The van der Waals surface area contributed by atoms with Crippen LogP contribution < -0.4 is 10.5 Å². The quantitative estimate of drug-likeness (QED) is 0.851. The standard InChI is InChI=1S/C12H11F2N3O/c1-7(10-6-16-4-5-17-10)18-12-9(15)3-2-8(13)11(12)14/h2-7H,15H2,1H3. The Labute approximate surface area is 102 Å². The number of aromatic nitrogens is 2. The van der Waals surface area contributed by atoms with Crippen molar-refractivity contribution in [1.29, 1.82) is 0 Å². The van der Waals surface area contributed by atoms with Crippen molar-refractivity contribution in [3.8, 4) is 5.75 Å². The maximum absolute atomic E-state index is 13.5. The summed E-state index contributed by atoms with van der Waals surface area (Å²) in [7, 11) is 0. The van der Waals surface area contributed by atoms with Crippen molar-refractivity contribution in [2.45, 2.75) is 13.0 Å². The monoisotopic (exact) mass is 251 g/mol. The summed E-state index contributed by atoms with van der Waals surface area (Å²) in [5.41, 5.74) is 6.08. The molecular formula is C12H11F2N3O. The first-order chi connectivity index (χ1) is 8.59. The first kappa shape index (κ1) is 12.2. The molecule has 0 aliphatic heterocycles. The van der Waals surface area contributed by atoms with Gasteiger partial charge in [-0.2, -0.15) is 4.39 Å². The highest BCUT2D eigenvalue weighted by molar-refractivity contribution is 5.53. The number of benzene rings is 1. The van der Waals surface area contributed by atoms with E-state index in [9.17, 15) is 8.78 Å². The molecule has 6 heteroatoms. The third-order valence-electron chi connectivity index (χ3n) is 2.37. The number of anilines is 1. The molecule has 18 heavy (non-hydrogen) atoms. The first-order valence-corrected chi connectivity index (χ1v) is 5.25. The Kier molecular flexibility index (Phi) is 3.36. The van der Waals surface area contributed by atoms with Gasteiger partial charge in [-0.25, -0.2) is 4.39 Å². The van der Waals surface area contributed by atoms with Gasteiger partial charge in [0, 0.05) is 12.4 Å². The van der Waals surface area contributed by atoms with Crippen LogP contribution in [0.15, 0.2) is 30.7 Å². The number of rotatable bonds is 3. The maximum Gasteiger partial charge on any atom is 0.202 e. The minimum absolute atomic E-state index is 0.0321. The molecular weight excluding hydrogens is 240 g/mol. The minimum Gasteiger partial charge on any atom is -0.479 e. The van der Waals surface area contributed by atoms with E-state index in [0.29, 0.717) is 5.69 Å². The van der Waals surface area contributed by atoms with Crippen molar-refractivity contribution in [1.82, 2.24) is 9.97 Å². The average Bonchev–Trinajstić information content (AvgIpc) is 2.40. The van der Waals surface area contributed by atoms with Crippen LogP contribution in [0.4, 0.5) is 14.5 Å². The third kappa shape index (κ3) is 2.37. The van der Waals surface area contributed by atoms with Crippen LogP contribution in [0.5, 0.6) is 5.75 Å². The van der Waals surface area contributed by atoms with Crippen LogP contribution in [0.3, 0.4) is 0 Å². The molecule has 0 saturated heterocycles. The molecule has 0 bridgehead atoms. The predicted octanol–water partition coefficient (Wildman–Crippen LogP) is 2.48. The van der Waals surface area contributed by atoms with E-state index in [4.69, 9.17) is 10.5 Å². The van der Waals surface area contributed by atoms with Gasteiger partial charge in [0.1, 0.15) is 6.10 Å². The molecule has 0 aliphatic carbocycles. The fourth-order valence-electron chi connectivity index (χ4n) is 1.42. The second-order valence-electron chi connectivity index (χ2n) is 3.67. The zero-order chi connectivity index (χ0) is 13.1. The number of hydrogen-bond acceptors (Lipinski definition) is 4. The highest BCUT2D eigenvalue weighted by Crippen LogP contribution is 2.30. The number of nitrogens with zero attached hydrogens (tertiary/aromatic N) is 2. The number of nitrogen functional groups attached to an aromatic ring is 1.